The van der Waals surface area contributed by atoms with Gasteiger partial charge < -0.3 is 0 Å². The maximum Gasteiger partial charge on any atom is -0.00568 e. The van der Waals surface area contributed by atoms with Crippen LogP contribution in [0, 0.1) is 11.3 Å². The Balaban J connectivity index is 1.91. The van der Waals surface area contributed by atoms with Gasteiger partial charge in [-0.05, 0) is 56.3 Å². The molecule has 3 aliphatic carbocycles. The van der Waals surface area contributed by atoms with Crippen LogP contribution in [0.2, 0.25) is 0 Å². The van der Waals surface area contributed by atoms with Crippen molar-refractivity contribution in [3.63, 3.8) is 0 Å². The van der Waals surface area contributed by atoms with Crippen LogP contribution in [-0.4, -0.2) is 0 Å². The van der Waals surface area contributed by atoms with Crippen LogP contribution in [0.15, 0.2) is 11.6 Å². The molecule has 0 amide bonds. The van der Waals surface area contributed by atoms with Crippen LogP contribution in [0.25, 0.3) is 0 Å². The van der Waals surface area contributed by atoms with Gasteiger partial charge in [0.05, 0.1) is 0 Å². The Morgan fingerprint density at radius 2 is 2.08 bits per heavy atom. The van der Waals surface area contributed by atoms with Gasteiger partial charge in [-0.1, -0.05) is 18.1 Å². The number of fused-ring (bicyclic) bond motifs is 1. The minimum Gasteiger partial charge on any atom is -0.0847 e. The second kappa shape index (κ2) is 2.37. The molecule has 0 radical (unpaired) electrons. The standard InChI is InChI=1S/C12H18/c1-4-10(5-1)12-8-2-6-11(12)7-3-9-12/h6,10H,1-5,7-9H2. The first kappa shape index (κ1) is 7.17. The van der Waals surface area contributed by atoms with Crippen molar-refractivity contribution in [2.75, 3.05) is 0 Å². The lowest BCUT2D eigenvalue weighted by Gasteiger charge is -2.42. The molecule has 3 rings (SSSR count). The molecule has 0 aromatic carbocycles. The fourth-order valence-corrected chi connectivity index (χ4v) is 3.73. The van der Waals surface area contributed by atoms with Gasteiger partial charge in [-0.25, -0.2) is 0 Å². The first-order chi connectivity index (χ1) is 5.92. The van der Waals surface area contributed by atoms with Crippen LogP contribution >= 0.6 is 0 Å². The molecule has 0 heteroatoms. The highest BCUT2D eigenvalue weighted by Gasteiger charge is 2.47. The summed E-state index contributed by atoms with van der Waals surface area (Å²) in [5, 5.41) is 0. The van der Waals surface area contributed by atoms with Gasteiger partial charge >= 0.3 is 0 Å². The number of allylic oxidation sites excluding steroid dienone is 2. The van der Waals surface area contributed by atoms with Gasteiger partial charge in [0.1, 0.15) is 0 Å². The molecule has 0 saturated heterocycles. The van der Waals surface area contributed by atoms with Crippen molar-refractivity contribution in [3.8, 4) is 0 Å². The van der Waals surface area contributed by atoms with Crippen molar-refractivity contribution >= 4 is 0 Å². The SMILES string of the molecule is C1=C2CCCC2(C2CCC2)CC1. The van der Waals surface area contributed by atoms with Crippen LogP contribution in [0.3, 0.4) is 0 Å². The molecule has 0 spiro atoms. The molecule has 2 fully saturated rings. The lowest BCUT2D eigenvalue weighted by Crippen LogP contribution is -2.32. The molecular weight excluding hydrogens is 144 g/mol. The second-order valence-electron chi connectivity index (χ2n) is 4.91. The highest BCUT2D eigenvalue weighted by Crippen LogP contribution is 2.60. The summed E-state index contributed by atoms with van der Waals surface area (Å²) in [5.41, 5.74) is 2.63. The number of hydrogen-bond donors (Lipinski definition) is 0. The minimum absolute atomic E-state index is 0.762. The Bertz CT molecular complexity index is 222. The Hall–Kier alpha value is -0.260. The van der Waals surface area contributed by atoms with Crippen LogP contribution in [0.1, 0.15) is 51.4 Å². The summed E-state index contributed by atoms with van der Waals surface area (Å²) in [4.78, 5) is 0. The summed E-state index contributed by atoms with van der Waals surface area (Å²) < 4.78 is 0. The average molecular weight is 162 g/mol. The van der Waals surface area contributed by atoms with Gasteiger partial charge in [0.25, 0.3) is 0 Å². The zero-order valence-corrected chi connectivity index (χ0v) is 7.81. The molecule has 66 valence electrons. The smallest absolute Gasteiger partial charge is 0.00568 e. The van der Waals surface area contributed by atoms with Gasteiger partial charge in [-0.3, -0.25) is 0 Å². The molecule has 0 nitrogen and oxygen atoms in total. The molecular formula is C12H18. The quantitative estimate of drug-likeness (QED) is 0.516. The third-order valence-electron chi connectivity index (χ3n) is 4.58. The van der Waals surface area contributed by atoms with Gasteiger partial charge in [0.15, 0.2) is 0 Å². The summed E-state index contributed by atoms with van der Waals surface area (Å²) in [6, 6.07) is 0. The van der Waals surface area contributed by atoms with Crippen molar-refractivity contribution in [3.05, 3.63) is 11.6 Å². The molecule has 0 aromatic heterocycles. The Morgan fingerprint density at radius 1 is 1.17 bits per heavy atom. The summed E-state index contributed by atoms with van der Waals surface area (Å²) in [7, 11) is 0. The van der Waals surface area contributed by atoms with Crippen molar-refractivity contribution in [1.29, 1.82) is 0 Å². The summed E-state index contributed by atoms with van der Waals surface area (Å²) in [6.07, 6.45) is 14.5. The van der Waals surface area contributed by atoms with Gasteiger partial charge in [-0.15, -0.1) is 0 Å². The van der Waals surface area contributed by atoms with Gasteiger partial charge in [0, 0.05) is 0 Å². The fraction of sp³-hybridized carbons (Fsp3) is 0.833. The summed E-state index contributed by atoms with van der Waals surface area (Å²) >= 11 is 0. The molecule has 0 bridgehead atoms. The van der Waals surface area contributed by atoms with E-state index in [0.717, 1.165) is 11.3 Å². The zero-order chi connectivity index (χ0) is 8.02. The van der Waals surface area contributed by atoms with Crippen molar-refractivity contribution in [1.82, 2.24) is 0 Å². The van der Waals surface area contributed by atoms with Crippen molar-refractivity contribution in [2.24, 2.45) is 11.3 Å². The lowest BCUT2D eigenvalue weighted by atomic mass is 9.63. The van der Waals surface area contributed by atoms with Crippen LogP contribution < -0.4 is 0 Å². The lowest BCUT2D eigenvalue weighted by molar-refractivity contribution is 0.125. The summed E-state index contributed by atoms with van der Waals surface area (Å²) in [6.45, 7) is 0. The van der Waals surface area contributed by atoms with Crippen molar-refractivity contribution in [2.45, 2.75) is 51.4 Å². The van der Waals surface area contributed by atoms with E-state index in [2.05, 4.69) is 6.08 Å². The largest absolute Gasteiger partial charge is 0.0847 e. The van der Waals surface area contributed by atoms with E-state index in [9.17, 15) is 0 Å². The highest BCUT2D eigenvalue weighted by molar-refractivity contribution is 5.26. The fourth-order valence-electron chi connectivity index (χ4n) is 3.73. The van der Waals surface area contributed by atoms with Crippen LogP contribution in [0.5, 0.6) is 0 Å². The van der Waals surface area contributed by atoms with E-state index >= 15 is 0 Å². The van der Waals surface area contributed by atoms with E-state index in [1.807, 2.05) is 5.57 Å². The van der Waals surface area contributed by atoms with E-state index < -0.39 is 0 Å². The summed E-state index contributed by atoms with van der Waals surface area (Å²) in [5.74, 6) is 1.11. The Labute approximate surface area is 75.0 Å². The topological polar surface area (TPSA) is 0 Å². The van der Waals surface area contributed by atoms with Crippen LogP contribution in [0.4, 0.5) is 0 Å². The van der Waals surface area contributed by atoms with E-state index in [1.165, 1.54) is 51.4 Å². The molecule has 3 aliphatic rings. The van der Waals surface area contributed by atoms with Gasteiger partial charge in [-0.2, -0.15) is 0 Å². The Kier molecular flexibility index (Phi) is 1.42. The minimum atomic E-state index is 0.762. The Morgan fingerprint density at radius 3 is 2.83 bits per heavy atom. The van der Waals surface area contributed by atoms with E-state index in [4.69, 9.17) is 0 Å². The molecule has 0 N–H and O–H groups in total. The second-order valence-corrected chi connectivity index (χ2v) is 4.91. The molecule has 12 heavy (non-hydrogen) atoms. The predicted molar refractivity (Wildman–Crippen MR) is 50.9 cm³/mol. The molecule has 0 aliphatic heterocycles. The van der Waals surface area contributed by atoms with Gasteiger partial charge in [0.2, 0.25) is 0 Å². The first-order valence-electron chi connectivity index (χ1n) is 5.61. The van der Waals surface area contributed by atoms with E-state index in [-0.39, 0.29) is 0 Å². The maximum absolute atomic E-state index is 2.56. The van der Waals surface area contributed by atoms with E-state index in [1.54, 1.807) is 0 Å². The molecule has 1 unspecified atom stereocenters. The molecule has 0 heterocycles. The van der Waals surface area contributed by atoms with Crippen LogP contribution in [-0.2, 0) is 0 Å². The maximum atomic E-state index is 2.56. The highest BCUT2D eigenvalue weighted by atomic mass is 14.5. The number of rotatable bonds is 1. The van der Waals surface area contributed by atoms with Crippen molar-refractivity contribution < 1.29 is 0 Å². The average Bonchev–Trinajstić information content (AvgIpc) is 2.39. The van der Waals surface area contributed by atoms with E-state index in [0.29, 0.717) is 0 Å². The normalized spacial score (nSPS) is 40.8. The predicted octanol–water partition coefficient (Wildman–Crippen LogP) is 3.68. The molecule has 1 atom stereocenters. The third kappa shape index (κ3) is 0.739. The first-order valence-corrected chi connectivity index (χ1v) is 5.61. The monoisotopic (exact) mass is 162 g/mol. The third-order valence-corrected chi connectivity index (χ3v) is 4.58. The molecule has 0 aromatic rings. The molecule has 2 saturated carbocycles. The number of hydrogen-bond acceptors (Lipinski definition) is 0. The zero-order valence-electron chi connectivity index (χ0n) is 7.81.